The lowest BCUT2D eigenvalue weighted by Crippen LogP contribution is -2.14. The van der Waals surface area contributed by atoms with Crippen LogP contribution in [0.3, 0.4) is 0 Å². The topological polar surface area (TPSA) is 59.8 Å². The van der Waals surface area contributed by atoms with Crippen molar-refractivity contribution in [3.8, 4) is 17.1 Å². The van der Waals surface area contributed by atoms with Crippen molar-refractivity contribution in [1.29, 1.82) is 0 Å². The van der Waals surface area contributed by atoms with E-state index in [1.54, 1.807) is 0 Å². The number of rotatable bonds is 6. The van der Waals surface area contributed by atoms with Gasteiger partial charge in [0.1, 0.15) is 0 Å². The van der Waals surface area contributed by atoms with Crippen molar-refractivity contribution in [3.63, 3.8) is 0 Å². The lowest BCUT2D eigenvalue weighted by Gasteiger charge is -2.11. The normalized spacial score (nSPS) is 10.8. The number of hydrogen-bond acceptors (Lipinski definition) is 4. The number of aryl methyl sites for hydroxylation is 2. The molecule has 0 aliphatic rings. The van der Waals surface area contributed by atoms with E-state index in [2.05, 4.69) is 15.5 Å². The van der Waals surface area contributed by atoms with E-state index in [0.717, 1.165) is 22.5 Å². The Labute approximate surface area is 190 Å². The zero-order chi connectivity index (χ0) is 21.8. The highest BCUT2D eigenvalue weighted by atomic mass is 35.5. The minimum atomic E-state index is -0.102. The highest BCUT2D eigenvalue weighted by Crippen LogP contribution is 2.31. The Morgan fingerprint density at radius 3 is 2.45 bits per heavy atom. The highest BCUT2D eigenvalue weighted by molar-refractivity contribution is 7.99. The number of nitrogens with zero attached hydrogens (tertiary/aromatic N) is 3. The largest absolute Gasteiger partial charge is 0.325 e. The van der Waals surface area contributed by atoms with Crippen molar-refractivity contribution in [2.45, 2.75) is 19.0 Å². The Morgan fingerprint density at radius 1 is 0.968 bits per heavy atom. The van der Waals surface area contributed by atoms with E-state index in [-0.39, 0.29) is 11.7 Å². The molecule has 1 heterocycles. The fourth-order valence-corrected chi connectivity index (χ4v) is 4.11. The molecule has 7 heteroatoms. The number of anilines is 1. The molecule has 3 aromatic carbocycles. The van der Waals surface area contributed by atoms with Crippen LogP contribution in [0.5, 0.6) is 0 Å². The molecule has 156 valence electrons. The standard InChI is InChI=1S/C24H21ClN4OS/c1-16-12-13-18(14-17(16)2)26-22(30)15-31-24-28-27-23(20-10-6-7-11-21(20)25)29(24)19-8-4-3-5-9-19/h3-14H,15H2,1-2H3,(H,26,30). The molecule has 1 amide bonds. The van der Waals surface area contributed by atoms with Gasteiger partial charge in [0.05, 0.1) is 10.8 Å². The molecule has 0 aliphatic carbocycles. The predicted molar refractivity (Wildman–Crippen MR) is 127 cm³/mol. The number of aromatic nitrogens is 3. The van der Waals surface area contributed by atoms with Crippen LogP contribution in [0.1, 0.15) is 11.1 Å². The first-order valence-electron chi connectivity index (χ1n) is 9.78. The first kappa shape index (κ1) is 21.2. The summed E-state index contributed by atoms with van der Waals surface area (Å²) in [6.45, 7) is 4.07. The van der Waals surface area contributed by atoms with Crippen molar-refractivity contribution in [3.05, 3.63) is 88.9 Å². The highest BCUT2D eigenvalue weighted by Gasteiger charge is 2.18. The summed E-state index contributed by atoms with van der Waals surface area (Å²) >= 11 is 7.75. The van der Waals surface area contributed by atoms with Gasteiger partial charge in [-0.3, -0.25) is 9.36 Å². The number of thioether (sulfide) groups is 1. The Hall–Kier alpha value is -3.09. The van der Waals surface area contributed by atoms with E-state index in [4.69, 9.17) is 11.6 Å². The first-order valence-corrected chi connectivity index (χ1v) is 11.1. The summed E-state index contributed by atoms with van der Waals surface area (Å²) in [4.78, 5) is 12.6. The van der Waals surface area contributed by atoms with Gasteiger partial charge < -0.3 is 5.32 Å². The van der Waals surface area contributed by atoms with E-state index in [9.17, 15) is 4.79 Å². The maximum absolute atomic E-state index is 12.6. The van der Waals surface area contributed by atoms with Gasteiger partial charge in [-0.05, 0) is 61.4 Å². The summed E-state index contributed by atoms with van der Waals surface area (Å²) in [6.07, 6.45) is 0. The molecule has 1 aromatic heterocycles. The number of carbonyl (C=O) groups is 1. The fourth-order valence-electron chi connectivity index (χ4n) is 3.14. The van der Waals surface area contributed by atoms with Crippen LogP contribution in [0.4, 0.5) is 5.69 Å². The van der Waals surface area contributed by atoms with E-state index < -0.39 is 0 Å². The molecule has 1 N–H and O–H groups in total. The molecular formula is C24H21ClN4OS. The Morgan fingerprint density at radius 2 is 1.71 bits per heavy atom. The fraction of sp³-hybridized carbons (Fsp3) is 0.125. The minimum absolute atomic E-state index is 0.102. The number of benzene rings is 3. The minimum Gasteiger partial charge on any atom is -0.325 e. The number of nitrogens with one attached hydrogen (secondary N) is 1. The summed E-state index contributed by atoms with van der Waals surface area (Å²) in [5, 5.41) is 12.9. The van der Waals surface area contributed by atoms with Crippen molar-refractivity contribution in [2.75, 3.05) is 11.1 Å². The molecule has 0 bridgehead atoms. The van der Waals surface area contributed by atoms with Gasteiger partial charge in [-0.25, -0.2) is 0 Å². The average molecular weight is 449 g/mol. The molecule has 0 unspecified atom stereocenters. The van der Waals surface area contributed by atoms with Crippen LogP contribution in [-0.2, 0) is 4.79 Å². The van der Waals surface area contributed by atoms with Crippen LogP contribution in [0, 0.1) is 13.8 Å². The number of hydrogen-bond donors (Lipinski definition) is 1. The van der Waals surface area contributed by atoms with E-state index >= 15 is 0 Å². The van der Waals surface area contributed by atoms with Gasteiger partial charge in [-0.15, -0.1) is 10.2 Å². The quantitative estimate of drug-likeness (QED) is 0.371. The van der Waals surface area contributed by atoms with Crippen molar-refractivity contribution in [1.82, 2.24) is 14.8 Å². The number of carbonyl (C=O) groups excluding carboxylic acids is 1. The number of amides is 1. The lowest BCUT2D eigenvalue weighted by atomic mass is 10.1. The Balaban J connectivity index is 1.59. The summed E-state index contributed by atoms with van der Waals surface area (Å²) in [5.74, 6) is 0.740. The van der Waals surface area contributed by atoms with Gasteiger partial charge in [-0.1, -0.05) is 59.8 Å². The van der Waals surface area contributed by atoms with Gasteiger partial charge in [0, 0.05) is 16.9 Å². The second kappa shape index (κ2) is 9.37. The maximum Gasteiger partial charge on any atom is 0.234 e. The van der Waals surface area contributed by atoms with Crippen molar-refractivity contribution < 1.29 is 4.79 Å². The van der Waals surface area contributed by atoms with E-state index in [1.165, 1.54) is 17.3 Å². The zero-order valence-electron chi connectivity index (χ0n) is 17.2. The molecule has 0 spiro atoms. The second-order valence-corrected chi connectivity index (χ2v) is 8.44. The molecule has 4 rings (SSSR count). The molecule has 0 atom stereocenters. The third-order valence-corrected chi connectivity index (χ3v) is 6.14. The Bertz CT molecular complexity index is 1220. The second-order valence-electron chi connectivity index (χ2n) is 7.09. The third-order valence-electron chi connectivity index (χ3n) is 4.89. The molecule has 0 saturated heterocycles. The predicted octanol–water partition coefficient (Wildman–Crippen LogP) is 5.94. The number of halogens is 1. The van der Waals surface area contributed by atoms with E-state index in [0.29, 0.717) is 16.0 Å². The van der Waals surface area contributed by atoms with Gasteiger partial charge >= 0.3 is 0 Å². The zero-order valence-corrected chi connectivity index (χ0v) is 18.7. The van der Waals surface area contributed by atoms with Gasteiger partial charge in [0.2, 0.25) is 5.91 Å². The summed E-state index contributed by atoms with van der Waals surface area (Å²) in [5.41, 5.74) is 4.80. The van der Waals surface area contributed by atoms with Gasteiger partial charge in [0.15, 0.2) is 11.0 Å². The molecular weight excluding hydrogens is 428 g/mol. The van der Waals surface area contributed by atoms with Crippen molar-refractivity contribution in [2.24, 2.45) is 0 Å². The van der Waals surface area contributed by atoms with Crippen molar-refractivity contribution >= 4 is 35.0 Å². The smallest absolute Gasteiger partial charge is 0.234 e. The monoisotopic (exact) mass is 448 g/mol. The SMILES string of the molecule is Cc1ccc(NC(=O)CSc2nnc(-c3ccccc3Cl)n2-c2ccccc2)cc1C. The lowest BCUT2D eigenvalue weighted by molar-refractivity contribution is -0.113. The maximum atomic E-state index is 12.6. The average Bonchev–Trinajstić information content (AvgIpc) is 3.19. The summed E-state index contributed by atoms with van der Waals surface area (Å²) in [6, 6.07) is 23.2. The Kier molecular flexibility index (Phi) is 6.39. The summed E-state index contributed by atoms with van der Waals surface area (Å²) in [7, 11) is 0. The first-order chi connectivity index (χ1) is 15.0. The van der Waals surface area contributed by atoms with Crippen LogP contribution in [-0.4, -0.2) is 26.4 Å². The van der Waals surface area contributed by atoms with Crippen LogP contribution in [0.25, 0.3) is 17.1 Å². The van der Waals surface area contributed by atoms with Crippen LogP contribution < -0.4 is 5.32 Å². The molecule has 0 aliphatic heterocycles. The van der Waals surface area contributed by atoms with Crippen LogP contribution in [0.2, 0.25) is 5.02 Å². The molecule has 4 aromatic rings. The van der Waals surface area contributed by atoms with E-state index in [1.807, 2.05) is 91.2 Å². The molecule has 0 saturated carbocycles. The number of para-hydroxylation sites is 1. The summed E-state index contributed by atoms with van der Waals surface area (Å²) < 4.78 is 1.93. The van der Waals surface area contributed by atoms with Crippen LogP contribution >= 0.6 is 23.4 Å². The molecule has 0 radical (unpaired) electrons. The van der Waals surface area contributed by atoms with Gasteiger partial charge in [0.25, 0.3) is 0 Å². The molecule has 31 heavy (non-hydrogen) atoms. The molecule has 5 nitrogen and oxygen atoms in total. The van der Waals surface area contributed by atoms with Crippen LogP contribution in [0.15, 0.2) is 78.0 Å². The van der Waals surface area contributed by atoms with Gasteiger partial charge in [-0.2, -0.15) is 0 Å². The third kappa shape index (κ3) is 4.81. The molecule has 0 fully saturated rings.